The average molecular weight is 349 g/mol. The van der Waals surface area contributed by atoms with E-state index in [2.05, 4.69) is 75.7 Å². The van der Waals surface area contributed by atoms with Gasteiger partial charge in [0, 0.05) is 28.6 Å². The highest BCUT2D eigenvalue weighted by atomic mass is 79.9. The van der Waals surface area contributed by atoms with Gasteiger partial charge < -0.3 is 4.90 Å². The van der Waals surface area contributed by atoms with E-state index >= 15 is 0 Å². The molecule has 1 nitrogen and oxygen atoms in total. The van der Waals surface area contributed by atoms with E-state index in [1.165, 1.54) is 11.3 Å². The third-order valence-electron chi connectivity index (χ3n) is 2.50. The second-order valence-electron chi connectivity index (χ2n) is 4.34. The van der Waals surface area contributed by atoms with Gasteiger partial charge in [-0.2, -0.15) is 0 Å². The predicted molar refractivity (Wildman–Crippen MR) is 79.5 cm³/mol. The Bertz CT molecular complexity index is 337. The van der Waals surface area contributed by atoms with Gasteiger partial charge in [0.15, 0.2) is 0 Å². The fourth-order valence-electron chi connectivity index (χ4n) is 1.78. The van der Waals surface area contributed by atoms with Crippen LogP contribution in [0.3, 0.4) is 0 Å². The minimum absolute atomic E-state index is 0.683. The maximum atomic E-state index is 3.55. The second-order valence-corrected chi connectivity index (χ2v) is 5.82. The zero-order valence-corrected chi connectivity index (χ0v) is 13.3. The van der Waals surface area contributed by atoms with Crippen molar-refractivity contribution in [2.24, 2.45) is 5.92 Å². The Hall–Kier alpha value is -0.0200. The van der Waals surface area contributed by atoms with Crippen LogP contribution in [-0.4, -0.2) is 13.1 Å². The van der Waals surface area contributed by atoms with Crippen molar-refractivity contribution in [2.75, 3.05) is 18.0 Å². The molecule has 0 unspecified atom stereocenters. The molecule has 0 bridgehead atoms. The largest absolute Gasteiger partial charge is 0.371 e. The normalized spacial score (nSPS) is 10.9. The quantitative estimate of drug-likeness (QED) is 0.689. The lowest BCUT2D eigenvalue weighted by Crippen LogP contribution is -2.28. The minimum Gasteiger partial charge on any atom is -0.371 e. The standard InChI is InChI=1S/C13H19Br2N/c1-4-16(9-10(2)3)13-7-12(15)6-5-11(13)8-14/h5-7,10H,4,8-9H2,1-3H3. The predicted octanol–water partition coefficient (Wildman–Crippen LogP) is 4.83. The van der Waals surface area contributed by atoms with Crippen molar-refractivity contribution in [3.63, 3.8) is 0 Å². The molecular weight excluding hydrogens is 330 g/mol. The lowest BCUT2D eigenvalue weighted by Gasteiger charge is -2.27. The van der Waals surface area contributed by atoms with Crippen LogP contribution in [0, 0.1) is 5.92 Å². The Morgan fingerprint density at radius 2 is 2.00 bits per heavy atom. The van der Waals surface area contributed by atoms with Crippen LogP contribution in [0.25, 0.3) is 0 Å². The molecule has 0 aliphatic rings. The molecule has 0 amide bonds. The van der Waals surface area contributed by atoms with Crippen molar-refractivity contribution in [3.05, 3.63) is 28.2 Å². The number of nitrogens with zero attached hydrogens (tertiary/aromatic N) is 1. The van der Waals surface area contributed by atoms with E-state index in [0.29, 0.717) is 5.92 Å². The summed E-state index contributed by atoms with van der Waals surface area (Å²) in [7, 11) is 0. The van der Waals surface area contributed by atoms with Crippen molar-refractivity contribution in [1.29, 1.82) is 0 Å². The molecule has 3 heteroatoms. The molecule has 0 radical (unpaired) electrons. The summed E-state index contributed by atoms with van der Waals surface area (Å²) in [4.78, 5) is 2.44. The highest BCUT2D eigenvalue weighted by Crippen LogP contribution is 2.27. The summed E-state index contributed by atoms with van der Waals surface area (Å²) in [5, 5.41) is 0.907. The van der Waals surface area contributed by atoms with Crippen LogP contribution in [0.4, 0.5) is 5.69 Å². The van der Waals surface area contributed by atoms with Crippen molar-refractivity contribution in [2.45, 2.75) is 26.1 Å². The Labute approximate surface area is 115 Å². The summed E-state index contributed by atoms with van der Waals surface area (Å²) in [6.07, 6.45) is 0. The van der Waals surface area contributed by atoms with Crippen molar-refractivity contribution in [3.8, 4) is 0 Å². The number of hydrogen-bond donors (Lipinski definition) is 0. The van der Waals surface area contributed by atoms with Crippen LogP contribution in [0.5, 0.6) is 0 Å². The fraction of sp³-hybridized carbons (Fsp3) is 0.538. The summed E-state index contributed by atoms with van der Waals surface area (Å²) < 4.78 is 1.15. The number of hydrogen-bond acceptors (Lipinski definition) is 1. The minimum atomic E-state index is 0.683. The van der Waals surface area contributed by atoms with Crippen LogP contribution in [-0.2, 0) is 5.33 Å². The van der Waals surface area contributed by atoms with Gasteiger partial charge >= 0.3 is 0 Å². The molecule has 0 N–H and O–H groups in total. The number of rotatable bonds is 5. The van der Waals surface area contributed by atoms with Crippen LogP contribution >= 0.6 is 31.9 Å². The van der Waals surface area contributed by atoms with Crippen molar-refractivity contribution >= 4 is 37.5 Å². The first-order valence-corrected chi connectivity index (χ1v) is 7.59. The summed E-state index contributed by atoms with van der Waals surface area (Å²) >= 11 is 7.10. The lowest BCUT2D eigenvalue weighted by molar-refractivity contribution is 0.618. The molecule has 0 aromatic heterocycles. The van der Waals surface area contributed by atoms with E-state index in [0.717, 1.165) is 22.9 Å². The monoisotopic (exact) mass is 347 g/mol. The van der Waals surface area contributed by atoms with E-state index < -0.39 is 0 Å². The van der Waals surface area contributed by atoms with Gasteiger partial charge in [0.25, 0.3) is 0 Å². The van der Waals surface area contributed by atoms with Gasteiger partial charge in [0.05, 0.1) is 0 Å². The molecule has 1 aromatic rings. The zero-order valence-electron chi connectivity index (χ0n) is 10.1. The van der Waals surface area contributed by atoms with Gasteiger partial charge in [0.2, 0.25) is 0 Å². The summed E-state index contributed by atoms with van der Waals surface area (Å²) in [5.74, 6) is 0.683. The molecule has 0 heterocycles. The molecule has 1 rings (SSSR count). The molecule has 0 fully saturated rings. The first-order chi connectivity index (χ1) is 7.58. The maximum absolute atomic E-state index is 3.55. The van der Waals surface area contributed by atoms with Crippen LogP contribution in [0.1, 0.15) is 26.3 Å². The molecule has 0 atom stereocenters. The van der Waals surface area contributed by atoms with Crippen molar-refractivity contribution in [1.82, 2.24) is 0 Å². The van der Waals surface area contributed by atoms with Gasteiger partial charge in [-0.25, -0.2) is 0 Å². The van der Waals surface area contributed by atoms with E-state index in [1.807, 2.05) is 0 Å². The van der Waals surface area contributed by atoms with Gasteiger partial charge in [-0.1, -0.05) is 51.8 Å². The third-order valence-corrected chi connectivity index (χ3v) is 3.60. The maximum Gasteiger partial charge on any atom is 0.0418 e. The molecule has 90 valence electrons. The van der Waals surface area contributed by atoms with Gasteiger partial charge in [0.1, 0.15) is 0 Å². The Kier molecular flexibility index (Phi) is 5.84. The molecule has 0 saturated carbocycles. The van der Waals surface area contributed by atoms with E-state index in [1.54, 1.807) is 0 Å². The molecule has 1 aromatic carbocycles. The number of alkyl halides is 1. The number of benzene rings is 1. The van der Waals surface area contributed by atoms with Crippen molar-refractivity contribution < 1.29 is 0 Å². The molecule has 0 aliphatic carbocycles. The summed E-state index contributed by atoms with van der Waals surface area (Å²) in [5.41, 5.74) is 2.69. The highest BCUT2D eigenvalue weighted by molar-refractivity contribution is 9.10. The van der Waals surface area contributed by atoms with Gasteiger partial charge in [-0.05, 0) is 30.5 Å². The number of halogens is 2. The van der Waals surface area contributed by atoms with E-state index in [4.69, 9.17) is 0 Å². The lowest BCUT2D eigenvalue weighted by atomic mass is 10.1. The third kappa shape index (κ3) is 3.77. The molecular formula is C13H19Br2N. The number of anilines is 1. The molecule has 0 aliphatic heterocycles. The van der Waals surface area contributed by atoms with Crippen LogP contribution < -0.4 is 4.90 Å². The molecule has 0 spiro atoms. The Morgan fingerprint density at radius 3 is 2.50 bits per heavy atom. The van der Waals surface area contributed by atoms with E-state index in [-0.39, 0.29) is 0 Å². The molecule has 16 heavy (non-hydrogen) atoms. The average Bonchev–Trinajstić information content (AvgIpc) is 2.25. The topological polar surface area (TPSA) is 3.24 Å². The fourth-order valence-corrected chi connectivity index (χ4v) is 2.61. The van der Waals surface area contributed by atoms with E-state index in [9.17, 15) is 0 Å². The van der Waals surface area contributed by atoms with Crippen LogP contribution in [0.2, 0.25) is 0 Å². The smallest absolute Gasteiger partial charge is 0.0418 e. The Balaban J connectivity index is 3.02. The molecule has 0 saturated heterocycles. The first-order valence-electron chi connectivity index (χ1n) is 5.67. The summed E-state index contributed by atoms with van der Waals surface area (Å²) in [6, 6.07) is 6.49. The Morgan fingerprint density at radius 1 is 1.31 bits per heavy atom. The SMILES string of the molecule is CCN(CC(C)C)c1cc(Br)ccc1CBr. The van der Waals surface area contributed by atoms with Gasteiger partial charge in [-0.15, -0.1) is 0 Å². The summed E-state index contributed by atoms with van der Waals surface area (Å²) in [6.45, 7) is 8.88. The zero-order chi connectivity index (χ0) is 12.1. The van der Waals surface area contributed by atoms with Crippen LogP contribution in [0.15, 0.2) is 22.7 Å². The highest BCUT2D eigenvalue weighted by Gasteiger charge is 2.11. The second kappa shape index (κ2) is 6.65. The van der Waals surface area contributed by atoms with Gasteiger partial charge in [-0.3, -0.25) is 0 Å². The first kappa shape index (κ1) is 14.0.